The van der Waals surface area contributed by atoms with Crippen LogP contribution in [0.5, 0.6) is 5.75 Å². The van der Waals surface area contributed by atoms with Crippen LogP contribution in [0.2, 0.25) is 0 Å². The van der Waals surface area contributed by atoms with E-state index in [4.69, 9.17) is 10.5 Å². The van der Waals surface area contributed by atoms with E-state index in [1.807, 2.05) is 6.92 Å². The average Bonchev–Trinajstić information content (AvgIpc) is 2.57. The van der Waals surface area contributed by atoms with E-state index in [1.54, 1.807) is 6.07 Å². The number of methoxy groups -OCH3 is 1. The van der Waals surface area contributed by atoms with E-state index in [9.17, 15) is 14.4 Å². The highest BCUT2D eigenvalue weighted by atomic mass is 31.2. The van der Waals surface area contributed by atoms with E-state index in [0.717, 1.165) is 24.9 Å². The Labute approximate surface area is 153 Å². The molecule has 2 rings (SSSR count). The first-order valence-electron chi connectivity index (χ1n) is 8.36. The number of unbranched alkanes of at least 4 members (excludes halogenated alkanes) is 1. The lowest BCUT2D eigenvalue weighted by Gasteiger charge is -2.16. The number of nitrogens with zero attached hydrogens (tertiary/aromatic N) is 2. The van der Waals surface area contributed by atoms with Crippen LogP contribution in [0.3, 0.4) is 0 Å². The first kappa shape index (κ1) is 20.2. The molecule has 1 heterocycles. The van der Waals surface area contributed by atoms with Gasteiger partial charge in [0, 0.05) is 24.2 Å². The lowest BCUT2D eigenvalue weighted by Crippen LogP contribution is -2.13. The number of aromatic nitrogens is 2. The van der Waals surface area contributed by atoms with Crippen LogP contribution in [-0.4, -0.2) is 33.4 Å². The molecule has 9 heteroatoms. The summed E-state index contributed by atoms with van der Waals surface area (Å²) in [7, 11) is -2.84. The van der Waals surface area contributed by atoms with E-state index in [-0.39, 0.29) is 11.3 Å². The van der Waals surface area contributed by atoms with Crippen molar-refractivity contribution >= 4 is 24.7 Å². The van der Waals surface area contributed by atoms with Gasteiger partial charge in [-0.2, -0.15) is 4.98 Å². The van der Waals surface area contributed by atoms with Crippen molar-refractivity contribution in [2.45, 2.75) is 33.1 Å². The summed E-state index contributed by atoms with van der Waals surface area (Å²) >= 11 is 0. The van der Waals surface area contributed by atoms with Crippen molar-refractivity contribution in [3.05, 3.63) is 35.0 Å². The lowest BCUT2D eigenvalue weighted by molar-refractivity contribution is 0.387. The Kier molecular flexibility index (Phi) is 6.58. The molecule has 0 bridgehead atoms. The molecule has 0 amide bonds. The van der Waals surface area contributed by atoms with Crippen molar-refractivity contribution in [3.8, 4) is 5.75 Å². The van der Waals surface area contributed by atoms with Crippen molar-refractivity contribution in [1.29, 1.82) is 0 Å². The number of nitrogens with one attached hydrogen (secondary N) is 1. The van der Waals surface area contributed by atoms with Gasteiger partial charge in [-0.25, -0.2) is 4.98 Å². The third kappa shape index (κ3) is 4.94. The Bertz CT molecular complexity index is 823. The number of nitrogen functional groups attached to an aromatic ring is 1. The van der Waals surface area contributed by atoms with E-state index < -0.39 is 7.60 Å². The molecule has 0 unspecified atom stereocenters. The summed E-state index contributed by atoms with van der Waals surface area (Å²) in [4.78, 5) is 27.4. The van der Waals surface area contributed by atoms with Crippen molar-refractivity contribution in [2.75, 3.05) is 24.7 Å². The SMILES string of the molecule is CCCCNc1nc(N)nc(C)c1Cc1cc(P(=O)(O)O)ccc1OC. The second-order valence-corrected chi connectivity index (χ2v) is 7.60. The van der Waals surface area contributed by atoms with Crippen molar-refractivity contribution in [3.63, 3.8) is 0 Å². The largest absolute Gasteiger partial charge is 0.496 e. The zero-order chi connectivity index (χ0) is 19.3. The smallest absolute Gasteiger partial charge is 0.356 e. The molecule has 0 aliphatic carbocycles. The van der Waals surface area contributed by atoms with Crippen LogP contribution in [0.15, 0.2) is 18.2 Å². The minimum absolute atomic E-state index is 0.0530. The standard InChI is InChI=1S/C17H25N4O4P/c1-4-5-8-19-16-14(11(2)20-17(18)21-16)10-12-9-13(26(22,23)24)6-7-15(12)25-3/h6-7,9H,4-5,8,10H2,1-3H3,(H2,22,23,24)(H3,18,19,20,21). The Morgan fingerprint density at radius 2 is 2.04 bits per heavy atom. The van der Waals surface area contributed by atoms with Crippen molar-refractivity contribution in [2.24, 2.45) is 0 Å². The quantitative estimate of drug-likeness (QED) is 0.404. The third-order valence-corrected chi connectivity index (χ3v) is 4.97. The Morgan fingerprint density at radius 1 is 1.31 bits per heavy atom. The van der Waals surface area contributed by atoms with Gasteiger partial charge in [-0.3, -0.25) is 4.57 Å². The minimum Gasteiger partial charge on any atom is -0.496 e. The normalized spacial score (nSPS) is 11.4. The summed E-state index contributed by atoms with van der Waals surface area (Å²) in [6, 6.07) is 4.39. The number of hydrogen-bond donors (Lipinski definition) is 4. The number of nitrogens with two attached hydrogens (primary N) is 1. The van der Waals surface area contributed by atoms with Gasteiger partial charge in [0.05, 0.1) is 12.4 Å². The molecule has 0 spiro atoms. The van der Waals surface area contributed by atoms with Gasteiger partial charge in [-0.1, -0.05) is 13.3 Å². The molecule has 0 fully saturated rings. The summed E-state index contributed by atoms with van der Waals surface area (Å²) in [6.45, 7) is 4.68. The van der Waals surface area contributed by atoms with Gasteiger partial charge in [0.1, 0.15) is 11.6 Å². The second kappa shape index (κ2) is 8.49. The fourth-order valence-corrected chi connectivity index (χ4v) is 3.23. The Balaban J connectivity index is 2.45. The van der Waals surface area contributed by atoms with E-state index >= 15 is 0 Å². The number of benzene rings is 1. The molecule has 2 aromatic rings. The van der Waals surface area contributed by atoms with Crippen LogP contribution >= 0.6 is 7.60 Å². The number of hydrogen-bond acceptors (Lipinski definition) is 6. The molecular weight excluding hydrogens is 355 g/mol. The minimum atomic E-state index is -4.36. The molecule has 8 nitrogen and oxygen atoms in total. The van der Waals surface area contributed by atoms with Gasteiger partial charge in [-0.15, -0.1) is 0 Å². The van der Waals surface area contributed by atoms with Crippen LogP contribution in [0.1, 0.15) is 36.6 Å². The predicted molar refractivity (Wildman–Crippen MR) is 102 cm³/mol. The summed E-state index contributed by atoms with van der Waals surface area (Å²) in [5.74, 6) is 1.35. The molecular formula is C17H25N4O4P. The molecule has 0 atom stereocenters. The molecule has 0 radical (unpaired) electrons. The van der Waals surface area contributed by atoms with E-state index in [1.165, 1.54) is 19.2 Å². The molecule has 5 N–H and O–H groups in total. The number of rotatable bonds is 8. The second-order valence-electron chi connectivity index (χ2n) is 5.99. The Morgan fingerprint density at radius 3 is 2.65 bits per heavy atom. The molecule has 142 valence electrons. The van der Waals surface area contributed by atoms with Gasteiger partial charge in [-0.05, 0) is 37.1 Å². The highest BCUT2D eigenvalue weighted by molar-refractivity contribution is 7.60. The van der Waals surface area contributed by atoms with Gasteiger partial charge >= 0.3 is 7.60 Å². The van der Waals surface area contributed by atoms with Crippen LogP contribution in [0.4, 0.5) is 11.8 Å². The average molecular weight is 380 g/mol. The van der Waals surface area contributed by atoms with E-state index in [0.29, 0.717) is 29.2 Å². The number of anilines is 2. The number of aryl methyl sites for hydroxylation is 1. The Hall–Kier alpha value is -2.15. The molecule has 0 aliphatic heterocycles. The topological polar surface area (TPSA) is 131 Å². The highest BCUT2D eigenvalue weighted by Gasteiger charge is 2.20. The van der Waals surface area contributed by atoms with Gasteiger partial charge < -0.3 is 25.6 Å². The third-order valence-electron chi connectivity index (χ3n) is 4.02. The summed E-state index contributed by atoms with van der Waals surface area (Å²) in [6.07, 6.45) is 2.39. The molecule has 1 aromatic carbocycles. The van der Waals surface area contributed by atoms with Crippen molar-refractivity contribution < 1.29 is 19.1 Å². The van der Waals surface area contributed by atoms with Crippen LogP contribution in [-0.2, 0) is 11.0 Å². The molecule has 0 saturated heterocycles. The zero-order valence-corrected chi connectivity index (χ0v) is 16.1. The monoisotopic (exact) mass is 380 g/mol. The van der Waals surface area contributed by atoms with Gasteiger partial charge in [0.15, 0.2) is 0 Å². The molecule has 0 aliphatic rings. The lowest BCUT2D eigenvalue weighted by atomic mass is 10.0. The van der Waals surface area contributed by atoms with E-state index in [2.05, 4.69) is 22.2 Å². The molecule has 0 saturated carbocycles. The first-order valence-corrected chi connectivity index (χ1v) is 9.97. The summed E-state index contributed by atoms with van der Waals surface area (Å²) in [5.41, 5.74) is 7.94. The fraction of sp³-hybridized carbons (Fsp3) is 0.412. The maximum absolute atomic E-state index is 11.6. The zero-order valence-electron chi connectivity index (χ0n) is 15.2. The first-order chi connectivity index (χ1) is 12.3. The summed E-state index contributed by atoms with van der Waals surface area (Å²) < 4.78 is 16.9. The summed E-state index contributed by atoms with van der Waals surface area (Å²) in [5, 5.41) is 3.22. The molecule has 1 aromatic heterocycles. The van der Waals surface area contributed by atoms with Gasteiger partial charge in [0.2, 0.25) is 5.95 Å². The van der Waals surface area contributed by atoms with Crippen molar-refractivity contribution in [1.82, 2.24) is 9.97 Å². The van der Waals surface area contributed by atoms with Crippen LogP contribution in [0.25, 0.3) is 0 Å². The van der Waals surface area contributed by atoms with Crippen LogP contribution in [0, 0.1) is 6.92 Å². The highest BCUT2D eigenvalue weighted by Crippen LogP contribution is 2.35. The van der Waals surface area contributed by atoms with Crippen LogP contribution < -0.4 is 21.1 Å². The predicted octanol–water partition coefficient (Wildman–Crippen LogP) is 1.98. The molecule has 26 heavy (non-hydrogen) atoms. The maximum Gasteiger partial charge on any atom is 0.356 e. The van der Waals surface area contributed by atoms with Gasteiger partial charge in [0.25, 0.3) is 0 Å². The number of ether oxygens (including phenoxy) is 1. The fourth-order valence-electron chi connectivity index (χ4n) is 2.63. The maximum atomic E-state index is 11.6.